The number of nitrogens with zero attached hydrogens (tertiary/aromatic N) is 4. The summed E-state index contributed by atoms with van der Waals surface area (Å²) in [5.74, 6) is -0.145. The van der Waals surface area contributed by atoms with E-state index in [1.807, 2.05) is 18.2 Å². The summed E-state index contributed by atoms with van der Waals surface area (Å²) in [5, 5.41) is 0.226. The highest BCUT2D eigenvalue weighted by atomic mass is 35.5. The summed E-state index contributed by atoms with van der Waals surface area (Å²) >= 11 is 5.79. The maximum Gasteiger partial charge on any atom is 0.274 e. The summed E-state index contributed by atoms with van der Waals surface area (Å²) in [5.41, 5.74) is 1.14. The van der Waals surface area contributed by atoms with Crippen LogP contribution >= 0.6 is 11.6 Å². The van der Waals surface area contributed by atoms with Crippen molar-refractivity contribution in [1.29, 1.82) is 0 Å². The van der Waals surface area contributed by atoms with E-state index >= 15 is 0 Å². The minimum atomic E-state index is -0.145. The molecule has 20 heavy (non-hydrogen) atoms. The second-order valence-corrected chi connectivity index (χ2v) is 5.10. The van der Waals surface area contributed by atoms with E-state index in [9.17, 15) is 4.79 Å². The van der Waals surface area contributed by atoms with Gasteiger partial charge in [-0.05, 0) is 25.0 Å². The number of hydrogen-bond donors (Lipinski definition) is 0. The lowest BCUT2D eigenvalue weighted by molar-refractivity contribution is 0.0721. The maximum absolute atomic E-state index is 12.5. The van der Waals surface area contributed by atoms with Crippen molar-refractivity contribution in [2.24, 2.45) is 0 Å². The van der Waals surface area contributed by atoms with Gasteiger partial charge in [-0.25, -0.2) is 4.98 Å². The molecule has 1 aliphatic rings. The first-order valence-corrected chi connectivity index (χ1v) is 6.80. The first-order valence-electron chi connectivity index (χ1n) is 6.42. The maximum atomic E-state index is 12.5. The van der Waals surface area contributed by atoms with E-state index in [1.165, 1.54) is 12.4 Å². The summed E-state index contributed by atoms with van der Waals surface area (Å²) in [6.45, 7) is 0.485. The normalized spacial score (nSPS) is 14.1. The Morgan fingerprint density at radius 3 is 2.85 bits per heavy atom. The number of aromatic nitrogens is 3. The fraction of sp³-hybridized carbons (Fsp3) is 0.286. The van der Waals surface area contributed by atoms with Crippen molar-refractivity contribution in [2.75, 3.05) is 0 Å². The van der Waals surface area contributed by atoms with Gasteiger partial charge in [-0.3, -0.25) is 14.8 Å². The quantitative estimate of drug-likeness (QED) is 0.866. The Morgan fingerprint density at radius 2 is 2.20 bits per heavy atom. The molecule has 2 heterocycles. The van der Waals surface area contributed by atoms with Crippen LogP contribution in [0.4, 0.5) is 0 Å². The van der Waals surface area contributed by atoms with Crippen molar-refractivity contribution < 1.29 is 4.79 Å². The predicted molar refractivity (Wildman–Crippen MR) is 74.2 cm³/mol. The molecule has 6 heteroatoms. The molecule has 3 rings (SSSR count). The third-order valence-electron chi connectivity index (χ3n) is 3.13. The Kier molecular flexibility index (Phi) is 3.60. The Balaban J connectivity index is 1.82. The van der Waals surface area contributed by atoms with Gasteiger partial charge in [0.1, 0.15) is 10.8 Å². The van der Waals surface area contributed by atoms with Gasteiger partial charge >= 0.3 is 0 Å². The largest absolute Gasteiger partial charge is 0.328 e. The van der Waals surface area contributed by atoms with Crippen LogP contribution < -0.4 is 0 Å². The van der Waals surface area contributed by atoms with Gasteiger partial charge in [-0.15, -0.1) is 0 Å². The Hall–Kier alpha value is -2.01. The zero-order chi connectivity index (χ0) is 13.9. The van der Waals surface area contributed by atoms with Crippen molar-refractivity contribution >= 4 is 17.5 Å². The molecular formula is C14H13ClN4O. The standard InChI is InChI=1S/C14H13ClN4O/c15-13-8-16-7-12(18-13)14(20)19(11-4-5-11)9-10-3-1-2-6-17-10/h1-3,6-8,11H,4-5,9H2. The van der Waals surface area contributed by atoms with Crippen LogP contribution in [0.2, 0.25) is 5.15 Å². The van der Waals surface area contributed by atoms with Gasteiger partial charge in [0.15, 0.2) is 0 Å². The van der Waals surface area contributed by atoms with E-state index in [1.54, 1.807) is 11.1 Å². The van der Waals surface area contributed by atoms with Crippen molar-refractivity contribution in [3.05, 3.63) is 53.3 Å². The molecule has 5 nitrogen and oxygen atoms in total. The smallest absolute Gasteiger partial charge is 0.274 e. The fourth-order valence-corrected chi connectivity index (χ4v) is 2.16. The second-order valence-electron chi connectivity index (χ2n) is 4.71. The molecule has 102 valence electrons. The minimum absolute atomic E-state index is 0.145. The van der Waals surface area contributed by atoms with Gasteiger partial charge in [-0.1, -0.05) is 17.7 Å². The minimum Gasteiger partial charge on any atom is -0.328 e. The fourth-order valence-electron chi connectivity index (χ4n) is 2.01. The molecule has 1 fully saturated rings. The third-order valence-corrected chi connectivity index (χ3v) is 3.31. The molecule has 0 bridgehead atoms. The van der Waals surface area contributed by atoms with Crippen LogP contribution in [0.15, 0.2) is 36.8 Å². The summed E-state index contributed by atoms with van der Waals surface area (Å²) in [6, 6.07) is 5.95. The predicted octanol–water partition coefficient (Wildman–Crippen LogP) is 2.33. The summed E-state index contributed by atoms with van der Waals surface area (Å²) in [4.78, 5) is 26.5. The SMILES string of the molecule is O=C(c1cncc(Cl)n1)N(Cc1ccccn1)C1CC1. The molecule has 1 amide bonds. The Morgan fingerprint density at radius 1 is 1.35 bits per heavy atom. The number of hydrogen-bond acceptors (Lipinski definition) is 4. The summed E-state index contributed by atoms with van der Waals surface area (Å²) < 4.78 is 0. The van der Waals surface area contributed by atoms with Gasteiger partial charge in [0.25, 0.3) is 5.91 Å². The van der Waals surface area contributed by atoms with Gasteiger partial charge < -0.3 is 4.90 Å². The van der Waals surface area contributed by atoms with E-state index < -0.39 is 0 Å². The summed E-state index contributed by atoms with van der Waals surface area (Å²) in [7, 11) is 0. The molecule has 0 unspecified atom stereocenters. The van der Waals surface area contributed by atoms with Crippen LogP contribution in [0.3, 0.4) is 0 Å². The van der Waals surface area contributed by atoms with Crippen LogP contribution in [0.1, 0.15) is 29.0 Å². The van der Waals surface area contributed by atoms with E-state index in [2.05, 4.69) is 15.0 Å². The number of pyridine rings is 1. The first kappa shape index (κ1) is 13.0. The number of amides is 1. The van der Waals surface area contributed by atoms with Crippen molar-refractivity contribution in [1.82, 2.24) is 19.9 Å². The highest BCUT2D eigenvalue weighted by molar-refractivity contribution is 6.29. The topological polar surface area (TPSA) is 59.0 Å². The third kappa shape index (κ3) is 2.93. The molecule has 0 atom stereocenters. The van der Waals surface area contributed by atoms with E-state index in [0.29, 0.717) is 6.54 Å². The van der Waals surface area contributed by atoms with Crippen molar-refractivity contribution in [2.45, 2.75) is 25.4 Å². The number of carbonyl (C=O) groups is 1. The first-order chi connectivity index (χ1) is 9.74. The van der Waals surface area contributed by atoms with Crippen LogP contribution in [0.5, 0.6) is 0 Å². The van der Waals surface area contributed by atoms with Crippen LogP contribution in [0.25, 0.3) is 0 Å². The molecule has 2 aromatic heterocycles. The van der Waals surface area contributed by atoms with Gasteiger partial charge in [0.05, 0.1) is 24.6 Å². The van der Waals surface area contributed by atoms with Gasteiger partial charge in [-0.2, -0.15) is 0 Å². The monoisotopic (exact) mass is 288 g/mol. The van der Waals surface area contributed by atoms with E-state index in [0.717, 1.165) is 18.5 Å². The molecule has 0 N–H and O–H groups in total. The molecule has 1 saturated carbocycles. The second kappa shape index (κ2) is 5.54. The molecule has 0 spiro atoms. The zero-order valence-electron chi connectivity index (χ0n) is 10.7. The van der Waals surface area contributed by atoms with Gasteiger partial charge in [0, 0.05) is 12.2 Å². The lowest BCUT2D eigenvalue weighted by Crippen LogP contribution is -2.33. The number of rotatable bonds is 4. The van der Waals surface area contributed by atoms with Crippen LogP contribution in [-0.4, -0.2) is 31.8 Å². The van der Waals surface area contributed by atoms with Crippen LogP contribution in [-0.2, 0) is 6.54 Å². The van der Waals surface area contributed by atoms with Crippen LogP contribution in [0, 0.1) is 0 Å². The molecule has 2 aromatic rings. The van der Waals surface area contributed by atoms with Gasteiger partial charge in [0.2, 0.25) is 0 Å². The Labute approximate surface area is 121 Å². The van der Waals surface area contributed by atoms with E-state index in [-0.39, 0.29) is 22.8 Å². The molecule has 0 saturated heterocycles. The zero-order valence-corrected chi connectivity index (χ0v) is 11.5. The molecular weight excluding hydrogens is 276 g/mol. The molecule has 0 aromatic carbocycles. The molecule has 1 aliphatic carbocycles. The van der Waals surface area contributed by atoms with Crippen molar-refractivity contribution in [3.8, 4) is 0 Å². The van der Waals surface area contributed by atoms with Crippen molar-refractivity contribution in [3.63, 3.8) is 0 Å². The average Bonchev–Trinajstić information content (AvgIpc) is 3.30. The molecule has 0 aliphatic heterocycles. The highest BCUT2D eigenvalue weighted by Gasteiger charge is 2.34. The average molecular weight is 289 g/mol. The lowest BCUT2D eigenvalue weighted by Gasteiger charge is -2.21. The Bertz CT molecular complexity index is 616. The lowest BCUT2D eigenvalue weighted by atomic mass is 10.3. The molecule has 0 radical (unpaired) electrons. The van der Waals surface area contributed by atoms with E-state index in [4.69, 9.17) is 11.6 Å². The summed E-state index contributed by atoms with van der Waals surface area (Å²) in [6.07, 6.45) is 6.63. The highest BCUT2D eigenvalue weighted by Crippen LogP contribution is 2.29. The number of halogens is 1. The number of carbonyl (C=O) groups excluding carboxylic acids is 1.